The maximum absolute atomic E-state index is 13.0. The summed E-state index contributed by atoms with van der Waals surface area (Å²) < 4.78 is 13.0. The number of carbonyl (C=O) groups is 2. The zero-order chi connectivity index (χ0) is 18.4. The molecule has 3 rings (SSSR count). The van der Waals surface area contributed by atoms with Crippen molar-refractivity contribution in [2.75, 3.05) is 37.6 Å². The number of hydrogen-bond acceptors (Lipinski definition) is 3. The first-order chi connectivity index (χ1) is 12.6. The van der Waals surface area contributed by atoms with Gasteiger partial charge in [0, 0.05) is 37.9 Å². The molecule has 1 saturated heterocycles. The molecule has 0 bridgehead atoms. The second-order valence-electron chi connectivity index (χ2n) is 7.01. The van der Waals surface area contributed by atoms with Crippen LogP contribution in [0.15, 0.2) is 24.3 Å². The maximum Gasteiger partial charge on any atom is 0.317 e. The van der Waals surface area contributed by atoms with Gasteiger partial charge in [-0.15, -0.1) is 0 Å². The number of urea groups is 1. The molecule has 7 heteroatoms. The standard InChI is InChI=1S/C19H27FN4O2/c20-15-6-8-17(9-7-15)23-10-12-24(13-11-23)19(26)21-14-18(25)22-16-4-2-1-3-5-16/h6-9,16H,1-5,10-14H2,(H,21,26)(H,22,25). The second kappa shape index (κ2) is 8.87. The first-order valence-electron chi connectivity index (χ1n) is 9.44. The van der Waals surface area contributed by atoms with Gasteiger partial charge in [0.25, 0.3) is 0 Å². The number of nitrogens with one attached hydrogen (secondary N) is 2. The highest BCUT2D eigenvalue weighted by atomic mass is 19.1. The summed E-state index contributed by atoms with van der Waals surface area (Å²) in [4.78, 5) is 28.1. The van der Waals surface area contributed by atoms with E-state index in [0.29, 0.717) is 26.2 Å². The summed E-state index contributed by atoms with van der Waals surface area (Å²) in [6, 6.07) is 6.44. The van der Waals surface area contributed by atoms with E-state index in [1.165, 1.54) is 18.6 Å². The van der Waals surface area contributed by atoms with Crippen LogP contribution in [0.25, 0.3) is 0 Å². The summed E-state index contributed by atoms with van der Waals surface area (Å²) in [5, 5.41) is 5.71. The van der Waals surface area contributed by atoms with Gasteiger partial charge in [0.1, 0.15) is 5.82 Å². The predicted octanol–water partition coefficient (Wildman–Crippen LogP) is 2.11. The molecule has 0 spiro atoms. The van der Waals surface area contributed by atoms with Crippen molar-refractivity contribution in [1.29, 1.82) is 0 Å². The average molecular weight is 362 g/mol. The van der Waals surface area contributed by atoms with E-state index in [4.69, 9.17) is 0 Å². The van der Waals surface area contributed by atoms with E-state index in [9.17, 15) is 14.0 Å². The Kier molecular flexibility index (Phi) is 6.30. The Labute approximate surface area is 153 Å². The van der Waals surface area contributed by atoms with Gasteiger partial charge in [-0.05, 0) is 37.1 Å². The zero-order valence-corrected chi connectivity index (χ0v) is 15.0. The summed E-state index contributed by atoms with van der Waals surface area (Å²) >= 11 is 0. The first-order valence-corrected chi connectivity index (χ1v) is 9.44. The fraction of sp³-hybridized carbons (Fsp3) is 0.579. The molecule has 1 heterocycles. The fourth-order valence-corrected chi connectivity index (χ4v) is 3.61. The van der Waals surface area contributed by atoms with Gasteiger partial charge in [-0.3, -0.25) is 4.79 Å². The van der Waals surface area contributed by atoms with Gasteiger partial charge in [0.15, 0.2) is 0 Å². The Balaban J connectivity index is 1.38. The summed E-state index contributed by atoms with van der Waals surface area (Å²) in [5.74, 6) is -0.367. The van der Waals surface area contributed by atoms with E-state index in [0.717, 1.165) is 31.4 Å². The molecule has 1 saturated carbocycles. The van der Waals surface area contributed by atoms with Crippen molar-refractivity contribution >= 4 is 17.6 Å². The minimum absolute atomic E-state index is 0.0213. The number of piperazine rings is 1. The van der Waals surface area contributed by atoms with Crippen LogP contribution in [0.3, 0.4) is 0 Å². The Bertz CT molecular complexity index is 608. The lowest BCUT2D eigenvalue weighted by molar-refractivity contribution is -0.121. The summed E-state index contributed by atoms with van der Waals surface area (Å²) in [7, 11) is 0. The lowest BCUT2D eigenvalue weighted by Gasteiger charge is -2.36. The van der Waals surface area contributed by atoms with Crippen molar-refractivity contribution in [3.63, 3.8) is 0 Å². The molecule has 2 fully saturated rings. The molecule has 0 atom stereocenters. The predicted molar refractivity (Wildman–Crippen MR) is 98.6 cm³/mol. The fourth-order valence-electron chi connectivity index (χ4n) is 3.61. The number of benzene rings is 1. The highest BCUT2D eigenvalue weighted by Gasteiger charge is 2.22. The van der Waals surface area contributed by atoms with Gasteiger partial charge >= 0.3 is 6.03 Å². The Morgan fingerprint density at radius 2 is 1.65 bits per heavy atom. The van der Waals surface area contributed by atoms with Gasteiger partial charge < -0.3 is 20.4 Å². The van der Waals surface area contributed by atoms with Gasteiger partial charge in [0.2, 0.25) is 5.91 Å². The minimum atomic E-state index is -0.252. The molecule has 2 N–H and O–H groups in total. The van der Waals surface area contributed by atoms with Crippen molar-refractivity contribution in [3.05, 3.63) is 30.1 Å². The molecule has 2 aliphatic rings. The summed E-state index contributed by atoms with van der Waals surface area (Å²) in [6.45, 7) is 2.55. The molecule has 0 unspecified atom stereocenters. The van der Waals surface area contributed by atoms with Crippen molar-refractivity contribution in [1.82, 2.24) is 15.5 Å². The van der Waals surface area contributed by atoms with Crippen LogP contribution < -0.4 is 15.5 Å². The summed E-state index contributed by atoms with van der Waals surface area (Å²) in [6.07, 6.45) is 5.63. The third kappa shape index (κ3) is 5.09. The van der Waals surface area contributed by atoms with Crippen LogP contribution in [0.1, 0.15) is 32.1 Å². The largest absolute Gasteiger partial charge is 0.368 e. The number of rotatable bonds is 4. The Morgan fingerprint density at radius 3 is 2.31 bits per heavy atom. The Hall–Kier alpha value is -2.31. The lowest BCUT2D eigenvalue weighted by Crippen LogP contribution is -2.53. The monoisotopic (exact) mass is 362 g/mol. The van der Waals surface area contributed by atoms with E-state index in [1.54, 1.807) is 17.0 Å². The molecule has 3 amide bonds. The minimum Gasteiger partial charge on any atom is -0.368 e. The SMILES string of the molecule is O=C(CNC(=O)N1CCN(c2ccc(F)cc2)CC1)NC1CCCCC1. The molecular formula is C19H27FN4O2. The highest BCUT2D eigenvalue weighted by Crippen LogP contribution is 2.18. The van der Waals surface area contributed by atoms with Crippen LogP contribution in [0.4, 0.5) is 14.9 Å². The van der Waals surface area contributed by atoms with E-state index < -0.39 is 0 Å². The van der Waals surface area contributed by atoms with E-state index in [-0.39, 0.29) is 30.3 Å². The molecule has 0 radical (unpaired) electrons. The normalized spacial score (nSPS) is 18.5. The van der Waals surface area contributed by atoms with Crippen molar-refractivity contribution < 1.29 is 14.0 Å². The highest BCUT2D eigenvalue weighted by molar-refractivity contribution is 5.84. The van der Waals surface area contributed by atoms with Gasteiger partial charge in [-0.25, -0.2) is 9.18 Å². The number of nitrogens with zero attached hydrogens (tertiary/aromatic N) is 2. The van der Waals surface area contributed by atoms with E-state index in [1.807, 2.05) is 0 Å². The number of hydrogen-bond donors (Lipinski definition) is 2. The van der Waals surface area contributed by atoms with Crippen molar-refractivity contribution in [3.8, 4) is 0 Å². The first kappa shape index (κ1) is 18.5. The average Bonchev–Trinajstić information content (AvgIpc) is 2.68. The molecule has 1 aliphatic heterocycles. The Morgan fingerprint density at radius 1 is 1.00 bits per heavy atom. The smallest absolute Gasteiger partial charge is 0.317 e. The van der Waals surface area contributed by atoms with E-state index in [2.05, 4.69) is 15.5 Å². The van der Waals surface area contributed by atoms with Gasteiger partial charge in [-0.2, -0.15) is 0 Å². The van der Waals surface area contributed by atoms with Crippen LogP contribution in [-0.2, 0) is 4.79 Å². The third-order valence-electron chi connectivity index (χ3n) is 5.13. The van der Waals surface area contributed by atoms with Gasteiger partial charge in [-0.1, -0.05) is 19.3 Å². The number of halogens is 1. The van der Waals surface area contributed by atoms with Crippen LogP contribution in [0.2, 0.25) is 0 Å². The van der Waals surface area contributed by atoms with Crippen molar-refractivity contribution in [2.45, 2.75) is 38.1 Å². The quantitative estimate of drug-likeness (QED) is 0.862. The van der Waals surface area contributed by atoms with Crippen LogP contribution in [0.5, 0.6) is 0 Å². The third-order valence-corrected chi connectivity index (χ3v) is 5.13. The van der Waals surface area contributed by atoms with Crippen molar-refractivity contribution in [2.24, 2.45) is 0 Å². The summed E-state index contributed by atoms with van der Waals surface area (Å²) in [5.41, 5.74) is 0.957. The molecular weight excluding hydrogens is 335 g/mol. The van der Waals surface area contributed by atoms with Gasteiger partial charge in [0.05, 0.1) is 6.54 Å². The van der Waals surface area contributed by atoms with Crippen LogP contribution in [0, 0.1) is 5.82 Å². The van der Waals surface area contributed by atoms with E-state index >= 15 is 0 Å². The molecule has 142 valence electrons. The molecule has 0 aromatic heterocycles. The maximum atomic E-state index is 13.0. The second-order valence-corrected chi connectivity index (χ2v) is 7.01. The topological polar surface area (TPSA) is 64.7 Å². The molecule has 1 aromatic carbocycles. The molecule has 1 aromatic rings. The van der Waals surface area contributed by atoms with Crippen LogP contribution >= 0.6 is 0 Å². The number of carbonyl (C=O) groups excluding carboxylic acids is 2. The molecule has 6 nitrogen and oxygen atoms in total. The lowest BCUT2D eigenvalue weighted by atomic mass is 9.95. The number of amides is 3. The number of anilines is 1. The van der Waals surface area contributed by atoms with Crippen LogP contribution in [-0.4, -0.2) is 55.6 Å². The zero-order valence-electron chi connectivity index (χ0n) is 15.0. The molecule has 1 aliphatic carbocycles. The molecule has 26 heavy (non-hydrogen) atoms.